The van der Waals surface area contributed by atoms with Crippen molar-refractivity contribution in [3.8, 4) is 17.2 Å². The number of carboxylic acids is 4. The van der Waals surface area contributed by atoms with Gasteiger partial charge in [0.15, 0.2) is 0 Å². The fourth-order valence-electron chi connectivity index (χ4n) is 7.23. The van der Waals surface area contributed by atoms with Gasteiger partial charge in [0.05, 0.1) is 18.2 Å². The second kappa shape index (κ2) is 27.8. The Morgan fingerprint density at radius 2 is 1.01 bits per heavy atom. The van der Waals surface area contributed by atoms with E-state index in [1.165, 1.54) is 54.8 Å². The van der Waals surface area contributed by atoms with E-state index in [4.69, 9.17) is 53.8 Å². The van der Waals surface area contributed by atoms with Gasteiger partial charge in [-0.05, 0) is 139 Å². The second-order valence-electron chi connectivity index (χ2n) is 16.4. The average molecular weight is 1030 g/mol. The zero-order chi connectivity index (χ0) is 53.7. The summed E-state index contributed by atoms with van der Waals surface area (Å²) in [6, 6.07) is 37.8. The third-order valence-electron chi connectivity index (χ3n) is 10.9. The van der Waals surface area contributed by atoms with Crippen molar-refractivity contribution in [2.75, 3.05) is 40.3 Å². The molecule has 73 heavy (non-hydrogen) atoms. The van der Waals surface area contributed by atoms with Gasteiger partial charge in [0.25, 0.3) is 0 Å². The van der Waals surface area contributed by atoms with Crippen molar-refractivity contribution in [3.05, 3.63) is 173 Å². The minimum atomic E-state index is -4.38. The molecule has 1 aliphatic rings. The molecule has 0 aromatic heterocycles. The molecule has 4 N–H and O–H groups in total. The SMILES string of the molecule is COc1ccc2cc(C(CCN(C)Cc3ccccc3)Oc3ccc(C(F)(F)F)cc3)ccc2c1.Fc1ccc(C(CCN2CCCC2)Oc2ccc(C(F)(F)F)cc2)cc1.O=C(O)C(=O)O.O=C(O)C(=O)O. The van der Waals surface area contributed by atoms with E-state index < -0.39 is 47.4 Å². The number of aliphatic carboxylic acids is 4. The lowest BCUT2D eigenvalue weighted by molar-refractivity contribution is -0.159. The summed E-state index contributed by atoms with van der Waals surface area (Å²) in [5, 5.41) is 31.7. The highest BCUT2D eigenvalue weighted by Gasteiger charge is 2.31. The van der Waals surface area contributed by atoms with E-state index in [0.29, 0.717) is 24.3 Å². The van der Waals surface area contributed by atoms with Crippen molar-refractivity contribution in [3.63, 3.8) is 0 Å². The molecule has 7 rings (SSSR count). The number of likely N-dealkylation sites (tertiary alicyclic amines) is 1. The van der Waals surface area contributed by atoms with Gasteiger partial charge in [-0.25, -0.2) is 23.6 Å². The van der Waals surface area contributed by atoms with Crippen LogP contribution in [0.1, 0.15) is 65.7 Å². The van der Waals surface area contributed by atoms with E-state index in [1.54, 1.807) is 19.2 Å². The van der Waals surface area contributed by atoms with Crippen LogP contribution in [0, 0.1) is 5.82 Å². The topological polar surface area (TPSA) is 183 Å². The maximum absolute atomic E-state index is 13.2. The van der Waals surface area contributed by atoms with E-state index in [0.717, 1.165) is 84.6 Å². The van der Waals surface area contributed by atoms with Crippen LogP contribution < -0.4 is 14.2 Å². The number of rotatable bonds is 15. The van der Waals surface area contributed by atoms with Gasteiger partial charge in [0, 0.05) is 32.5 Å². The number of alkyl halides is 6. The van der Waals surface area contributed by atoms with Crippen molar-refractivity contribution < 1.29 is 84.5 Å². The first kappa shape index (κ1) is 57.9. The molecule has 2 unspecified atom stereocenters. The quantitative estimate of drug-likeness (QED) is 0.0563. The van der Waals surface area contributed by atoms with Crippen LogP contribution in [-0.2, 0) is 38.1 Å². The molecular formula is C53H53F7N2O11. The lowest BCUT2D eigenvalue weighted by atomic mass is 10.0. The molecule has 0 radical (unpaired) electrons. The number of hydrogen-bond acceptors (Lipinski definition) is 9. The van der Waals surface area contributed by atoms with E-state index in [-0.39, 0.29) is 18.0 Å². The van der Waals surface area contributed by atoms with Gasteiger partial charge in [-0.15, -0.1) is 0 Å². The monoisotopic (exact) mass is 1030 g/mol. The lowest BCUT2D eigenvalue weighted by Gasteiger charge is -2.24. The standard InChI is InChI=1S/C29H28F3NO2.C20H21F4NO.2C2H2O4/c1-33(20-21-6-4-3-5-7-21)17-16-28(35-26-14-11-25(12-15-26)29(30,31)32)24-9-8-23-19-27(34-2)13-10-22(23)18-24;21-17-7-3-15(4-8-17)19(11-14-25-12-1-2-13-25)26-18-9-5-16(6-10-18)20(22,23)24;2*3-1(4)2(5)6/h3-15,18-19,28H,16-17,20H2,1-2H3;3-10,19H,1-2,11-14H2;2*(H,3,4)(H,5,6). The number of hydrogen-bond donors (Lipinski definition) is 4. The number of carboxylic acid groups (broad SMARTS) is 4. The number of halogens is 7. The van der Waals surface area contributed by atoms with Crippen LogP contribution >= 0.6 is 0 Å². The zero-order valence-electron chi connectivity index (χ0n) is 39.5. The molecule has 390 valence electrons. The fraction of sp³-hybridized carbons (Fsp3) is 0.283. The van der Waals surface area contributed by atoms with Crippen molar-refractivity contribution in [1.82, 2.24) is 9.80 Å². The first-order valence-corrected chi connectivity index (χ1v) is 22.4. The van der Waals surface area contributed by atoms with Crippen molar-refractivity contribution in [2.45, 2.75) is 56.8 Å². The summed E-state index contributed by atoms with van der Waals surface area (Å²) in [7, 11) is 3.68. The van der Waals surface area contributed by atoms with Gasteiger partial charge in [-0.2, -0.15) is 26.3 Å². The van der Waals surface area contributed by atoms with E-state index in [1.807, 2.05) is 48.5 Å². The Balaban J connectivity index is 0.000000265. The summed E-state index contributed by atoms with van der Waals surface area (Å²) >= 11 is 0. The number of ether oxygens (including phenoxy) is 3. The minimum Gasteiger partial charge on any atom is -0.497 e. The molecule has 1 fully saturated rings. The Hall–Kier alpha value is -7.71. The predicted molar refractivity (Wildman–Crippen MR) is 255 cm³/mol. The Kier molecular flexibility index (Phi) is 22.0. The zero-order valence-corrected chi connectivity index (χ0v) is 39.5. The Morgan fingerprint density at radius 1 is 0.575 bits per heavy atom. The number of methoxy groups -OCH3 is 1. The number of carbonyl (C=O) groups is 4. The third kappa shape index (κ3) is 20.1. The molecule has 6 aromatic carbocycles. The van der Waals surface area contributed by atoms with Crippen LogP contribution in [0.2, 0.25) is 0 Å². The normalized spacial score (nSPS) is 13.2. The molecule has 0 amide bonds. The molecule has 0 bridgehead atoms. The maximum Gasteiger partial charge on any atom is 0.416 e. The van der Waals surface area contributed by atoms with Crippen LogP contribution in [0.5, 0.6) is 17.2 Å². The first-order chi connectivity index (χ1) is 34.5. The second-order valence-corrected chi connectivity index (χ2v) is 16.4. The summed E-state index contributed by atoms with van der Waals surface area (Å²) in [5.41, 5.74) is 1.60. The highest BCUT2D eigenvalue weighted by Crippen LogP contribution is 2.35. The highest BCUT2D eigenvalue weighted by atomic mass is 19.4. The van der Waals surface area contributed by atoms with Crippen LogP contribution in [0.4, 0.5) is 30.7 Å². The third-order valence-corrected chi connectivity index (χ3v) is 10.9. The Bertz CT molecular complexity index is 2630. The van der Waals surface area contributed by atoms with E-state index in [9.17, 15) is 30.7 Å². The Labute approximate surface area is 415 Å². The van der Waals surface area contributed by atoms with Gasteiger partial charge in [-0.3, -0.25) is 0 Å². The number of fused-ring (bicyclic) bond motifs is 1. The van der Waals surface area contributed by atoms with Crippen molar-refractivity contribution in [2.24, 2.45) is 0 Å². The molecule has 0 aliphatic carbocycles. The van der Waals surface area contributed by atoms with Crippen LogP contribution in [0.25, 0.3) is 10.8 Å². The molecule has 1 heterocycles. The largest absolute Gasteiger partial charge is 0.497 e. The predicted octanol–water partition coefficient (Wildman–Crippen LogP) is 11.3. The molecule has 1 aliphatic heterocycles. The van der Waals surface area contributed by atoms with Gasteiger partial charge in [0.2, 0.25) is 0 Å². The maximum atomic E-state index is 13.2. The van der Waals surface area contributed by atoms with Crippen LogP contribution in [0.15, 0.2) is 140 Å². The Morgan fingerprint density at radius 3 is 1.48 bits per heavy atom. The molecule has 0 saturated carbocycles. The molecule has 2 atom stereocenters. The molecule has 20 heteroatoms. The van der Waals surface area contributed by atoms with Gasteiger partial charge < -0.3 is 44.4 Å². The average Bonchev–Trinajstić information content (AvgIpc) is 3.89. The summed E-state index contributed by atoms with van der Waals surface area (Å²) in [6.07, 6.45) is -5.69. The molecule has 1 saturated heterocycles. The summed E-state index contributed by atoms with van der Waals surface area (Å²) in [6.45, 7) is 4.49. The molecule has 6 aromatic rings. The number of nitrogens with zero attached hydrogens (tertiary/aromatic N) is 2. The molecular weight excluding hydrogens is 974 g/mol. The van der Waals surface area contributed by atoms with Crippen molar-refractivity contribution in [1.29, 1.82) is 0 Å². The molecule has 0 spiro atoms. The first-order valence-electron chi connectivity index (χ1n) is 22.4. The summed E-state index contributed by atoms with van der Waals surface area (Å²) in [4.78, 5) is 41.0. The fourth-order valence-corrected chi connectivity index (χ4v) is 7.23. The van der Waals surface area contributed by atoms with Gasteiger partial charge in [0.1, 0.15) is 35.3 Å². The summed E-state index contributed by atoms with van der Waals surface area (Å²) < 4.78 is 108. The lowest BCUT2D eigenvalue weighted by Crippen LogP contribution is -2.23. The van der Waals surface area contributed by atoms with Gasteiger partial charge in [-0.1, -0.05) is 60.7 Å². The van der Waals surface area contributed by atoms with Crippen molar-refractivity contribution >= 4 is 34.6 Å². The van der Waals surface area contributed by atoms with E-state index >= 15 is 0 Å². The smallest absolute Gasteiger partial charge is 0.416 e. The number of benzene rings is 6. The molecule has 13 nitrogen and oxygen atoms in total. The van der Waals surface area contributed by atoms with Crippen LogP contribution in [-0.4, -0.2) is 94.4 Å². The minimum absolute atomic E-state index is 0.323. The van der Waals surface area contributed by atoms with E-state index in [2.05, 4.69) is 35.0 Å². The highest BCUT2D eigenvalue weighted by molar-refractivity contribution is 6.27. The van der Waals surface area contributed by atoms with Gasteiger partial charge >= 0.3 is 36.2 Å². The summed E-state index contributed by atoms with van der Waals surface area (Å²) in [5.74, 6) is -6.07. The van der Waals surface area contributed by atoms with Crippen LogP contribution in [0.3, 0.4) is 0 Å².